The first kappa shape index (κ1) is 31.2. The third-order valence-corrected chi connectivity index (χ3v) is 4.71. The predicted molar refractivity (Wildman–Crippen MR) is 122 cm³/mol. The predicted octanol–water partition coefficient (Wildman–Crippen LogP) is -3.69. The van der Waals surface area contributed by atoms with Crippen molar-refractivity contribution in [1.82, 2.24) is 16.0 Å². The Balaban J connectivity index is 5.51. The van der Waals surface area contributed by atoms with Crippen LogP contribution in [0.15, 0.2) is 0 Å². The molecule has 0 saturated carbocycles. The van der Waals surface area contributed by atoms with E-state index in [-0.39, 0.29) is 38.0 Å². The zero-order valence-corrected chi connectivity index (χ0v) is 19.7. The molecule has 0 bridgehead atoms. The maximum atomic E-state index is 12.9. The van der Waals surface area contributed by atoms with E-state index in [0.29, 0.717) is 0 Å². The van der Waals surface area contributed by atoms with E-state index in [2.05, 4.69) is 16.0 Å². The molecular formula is C20H35N7O8. The summed E-state index contributed by atoms with van der Waals surface area (Å²) in [4.78, 5) is 82.6. The van der Waals surface area contributed by atoms with Gasteiger partial charge in [0.2, 0.25) is 35.4 Å². The smallest absolute Gasteiger partial charge is 0.326 e. The maximum Gasteiger partial charge on any atom is 0.326 e. The van der Waals surface area contributed by atoms with E-state index in [4.69, 9.17) is 22.9 Å². The lowest BCUT2D eigenvalue weighted by atomic mass is 10.0. The third-order valence-electron chi connectivity index (χ3n) is 4.71. The quantitative estimate of drug-likeness (QED) is 0.0971. The molecule has 0 aliphatic rings. The van der Waals surface area contributed by atoms with Crippen LogP contribution >= 0.6 is 0 Å². The molecule has 0 aromatic carbocycles. The maximum absolute atomic E-state index is 12.9. The number of carbonyl (C=O) groups excluding carboxylic acids is 6. The van der Waals surface area contributed by atoms with Gasteiger partial charge < -0.3 is 44.0 Å². The number of carboxylic acids is 1. The van der Waals surface area contributed by atoms with Gasteiger partial charge in [0, 0.05) is 12.8 Å². The van der Waals surface area contributed by atoms with Gasteiger partial charge in [-0.25, -0.2) is 4.79 Å². The van der Waals surface area contributed by atoms with Crippen molar-refractivity contribution < 1.29 is 38.7 Å². The summed E-state index contributed by atoms with van der Waals surface area (Å²) in [5, 5.41) is 16.1. The molecule has 198 valence electrons. The number of aliphatic carboxylic acids is 1. The summed E-state index contributed by atoms with van der Waals surface area (Å²) in [6, 6.07) is -5.38. The van der Waals surface area contributed by atoms with Gasteiger partial charge in [-0.15, -0.1) is 0 Å². The number of carboxylic acid groups (broad SMARTS) is 1. The lowest BCUT2D eigenvalue weighted by molar-refractivity contribution is -0.142. The lowest BCUT2D eigenvalue weighted by Crippen LogP contribution is -2.58. The molecule has 15 nitrogen and oxygen atoms in total. The molecular weight excluding hydrogens is 466 g/mol. The lowest BCUT2D eigenvalue weighted by Gasteiger charge is -2.25. The van der Waals surface area contributed by atoms with Gasteiger partial charge in [-0.05, 0) is 25.2 Å². The molecule has 0 aromatic rings. The van der Waals surface area contributed by atoms with Crippen LogP contribution in [0.3, 0.4) is 0 Å². The van der Waals surface area contributed by atoms with Gasteiger partial charge in [-0.1, -0.05) is 13.8 Å². The average Bonchev–Trinajstić information content (AvgIpc) is 2.72. The monoisotopic (exact) mass is 501 g/mol. The molecule has 0 saturated heterocycles. The number of primary amides is 3. The Bertz CT molecular complexity index is 817. The summed E-state index contributed by atoms with van der Waals surface area (Å²) in [5.74, 6) is -6.58. The standard InChI is InChI=1S/C20H35N7O8/c1-9(2)7-12(26-17(31)10(21)3-5-14(22)28)18(32)27-13(8-16(24)30)19(33)25-11(20(34)35)4-6-15(23)29/h9-13H,3-8,21H2,1-2H3,(H2,22,28)(H2,23,29)(H2,24,30)(H,25,33)(H,26,31)(H,27,32)(H,34,35). The van der Waals surface area contributed by atoms with Gasteiger partial charge in [-0.2, -0.15) is 0 Å². The Morgan fingerprint density at radius 3 is 1.60 bits per heavy atom. The Hall–Kier alpha value is -3.75. The fraction of sp³-hybridized carbons (Fsp3) is 0.650. The van der Waals surface area contributed by atoms with Crippen LogP contribution in [0.5, 0.6) is 0 Å². The molecule has 0 fully saturated rings. The molecule has 0 spiro atoms. The van der Waals surface area contributed by atoms with Gasteiger partial charge in [0.05, 0.1) is 12.5 Å². The Labute approximate surface area is 202 Å². The van der Waals surface area contributed by atoms with Crippen LogP contribution in [0.1, 0.15) is 52.4 Å². The van der Waals surface area contributed by atoms with Gasteiger partial charge in [-0.3, -0.25) is 28.8 Å². The largest absolute Gasteiger partial charge is 0.480 e. The van der Waals surface area contributed by atoms with Crippen molar-refractivity contribution >= 4 is 41.4 Å². The van der Waals surface area contributed by atoms with Crippen LogP contribution in [-0.2, 0) is 33.6 Å². The number of nitrogens with two attached hydrogens (primary N) is 4. The number of carbonyl (C=O) groups is 7. The van der Waals surface area contributed by atoms with E-state index in [0.717, 1.165) is 0 Å². The van der Waals surface area contributed by atoms with E-state index in [9.17, 15) is 38.7 Å². The molecule has 0 aliphatic heterocycles. The second-order valence-electron chi connectivity index (χ2n) is 8.44. The van der Waals surface area contributed by atoms with E-state index >= 15 is 0 Å². The first-order valence-electron chi connectivity index (χ1n) is 10.9. The Morgan fingerprint density at radius 2 is 1.14 bits per heavy atom. The fourth-order valence-corrected chi connectivity index (χ4v) is 2.91. The van der Waals surface area contributed by atoms with Crippen molar-refractivity contribution in [2.24, 2.45) is 28.9 Å². The van der Waals surface area contributed by atoms with Crippen molar-refractivity contribution in [1.29, 1.82) is 0 Å². The third kappa shape index (κ3) is 13.5. The average molecular weight is 502 g/mol. The fourth-order valence-electron chi connectivity index (χ4n) is 2.91. The number of amides is 6. The van der Waals surface area contributed by atoms with E-state index in [1.807, 2.05) is 0 Å². The van der Waals surface area contributed by atoms with Crippen molar-refractivity contribution in [2.45, 2.75) is 76.5 Å². The van der Waals surface area contributed by atoms with Crippen LogP contribution in [0.4, 0.5) is 0 Å². The molecule has 12 N–H and O–H groups in total. The second kappa shape index (κ2) is 15.2. The normalized spacial score (nSPS) is 14.2. The zero-order valence-electron chi connectivity index (χ0n) is 19.7. The van der Waals surface area contributed by atoms with Gasteiger partial charge in [0.15, 0.2) is 0 Å². The van der Waals surface area contributed by atoms with Crippen molar-refractivity contribution in [3.63, 3.8) is 0 Å². The minimum absolute atomic E-state index is 0.0498. The number of rotatable bonds is 17. The molecule has 6 amide bonds. The molecule has 0 aromatic heterocycles. The summed E-state index contributed by atoms with van der Waals surface area (Å²) in [7, 11) is 0. The van der Waals surface area contributed by atoms with Crippen molar-refractivity contribution in [2.75, 3.05) is 0 Å². The van der Waals surface area contributed by atoms with E-state index < -0.39 is 72.0 Å². The summed E-state index contributed by atoms with van der Waals surface area (Å²) in [5.41, 5.74) is 20.9. The van der Waals surface area contributed by atoms with Crippen LogP contribution in [0, 0.1) is 5.92 Å². The molecule has 0 heterocycles. The highest BCUT2D eigenvalue weighted by Crippen LogP contribution is 2.08. The highest BCUT2D eigenvalue weighted by molar-refractivity contribution is 5.96. The Kier molecular flexibility index (Phi) is 13.6. The van der Waals surface area contributed by atoms with Gasteiger partial charge in [0.25, 0.3) is 0 Å². The molecule has 15 heteroatoms. The highest BCUT2D eigenvalue weighted by atomic mass is 16.4. The zero-order chi connectivity index (χ0) is 27.3. The van der Waals surface area contributed by atoms with Crippen molar-refractivity contribution in [3.8, 4) is 0 Å². The molecule has 4 atom stereocenters. The molecule has 0 rings (SSSR count). The van der Waals surface area contributed by atoms with Crippen LogP contribution in [0.25, 0.3) is 0 Å². The van der Waals surface area contributed by atoms with Crippen molar-refractivity contribution in [3.05, 3.63) is 0 Å². The summed E-state index contributed by atoms with van der Waals surface area (Å²) in [6.45, 7) is 3.53. The minimum Gasteiger partial charge on any atom is -0.480 e. The SMILES string of the molecule is CC(C)CC(NC(=O)C(N)CCC(N)=O)C(=O)NC(CC(N)=O)C(=O)NC(CCC(N)=O)C(=O)O. The van der Waals surface area contributed by atoms with Crippen LogP contribution < -0.4 is 38.9 Å². The number of hydrogen-bond donors (Lipinski definition) is 8. The summed E-state index contributed by atoms with van der Waals surface area (Å²) in [6.07, 6.45) is -1.38. The van der Waals surface area contributed by atoms with Gasteiger partial charge in [0.1, 0.15) is 18.1 Å². The first-order valence-corrected chi connectivity index (χ1v) is 10.9. The number of nitrogens with one attached hydrogen (secondary N) is 3. The molecule has 0 radical (unpaired) electrons. The Morgan fingerprint density at radius 1 is 0.686 bits per heavy atom. The van der Waals surface area contributed by atoms with Gasteiger partial charge >= 0.3 is 5.97 Å². The summed E-state index contributed by atoms with van der Waals surface area (Å²) >= 11 is 0. The second-order valence-corrected chi connectivity index (χ2v) is 8.44. The minimum atomic E-state index is -1.56. The molecule has 4 unspecified atom stereocenters. The molecule has 35 heavy (non-hydrogen) atoms. The van der Waals surface area contributed by atoms with Crippen LogP contribution in [0.2, 0.25) is 0 Å². The first-order chi connectivity index (χ1) is 16.1. The van der Waals surface area contributed by atoms with E-state index in [1.54, 1.807) is 13.8 Å². The van der Waals surface area contributed by atoms with E-state index in [1.165, 1.54) is 0 Å². The summed E-state index contributed by atoms with van der Waals surface area (Å²) < 4.78 is 0. The van der Waals surface area contributed by atoms with Crippen LogP contribution in [-0.4, -0.2) is 70.7 Å². The molecule has 0 aliphatic carbocycles. The highest BCUT2D eigenvalue weighted by Gasteiger charge is 2.31. The topological polar surface area (TPSA) is 280 Å². The number of hydrogen-bond acceptors (Lipinski definition) is 8.